The molecule has 0 aliphatic heterocycles. The zero-order chi connectivity index (χ0) is 35.4. The summed E-state index contributed by atoms with van der Waals surface area (Å²) in [4.78, 5) is 68.4. The molecule has 0 radical (unpaired) electrons. The van der Waals surface area contributed by atoms with E-state index in [0.717, 1.165) is 75.7 Å². The maximum Gasteiger partial charge on any atom is 0.470 e. The molecule has 0 rings (SSSR count). The molecule has 0 aromatic rings. The second kappa shape index (κ2) is 22.4. The Morgan fingerprint density at radius 2 is 1.07 bits per heavy atom. The first-order chi connectivity index (χ1) is 21.4. The Balaban J connectivity index is 5.09. The number of unbranched alkanes of at least 4 members (excludes halogenated alkanes) is 2. The molecule has 0 aliphatic carbocycles. The average molecular weight is 677 g/mol. The number of ketones is 2. The van der Waals surface area contributed by atoms with Gasteiger partial charge in [-0.15, -0.1) is 0 Å². The third-order valence-corrected chi connectivity index (χ3v) is 8.06. The molecule has 12 nitrogen and oxygen atoms in total. The lowest BCUT2D eigenvalue weighted by atomic mass is 9.99. The smallest absolute Gasteiger partial charge is 0.462 e. The van der Waals surface area contributed by atoms with Crippen LogP contribution in [-0.2, 0) is 47.2 Å². The standard InChI is InChI=1S/C33H57O12P/c1-9-13-15-25(11-3)21-41-30(36)19-17-29(35)33(7,8)44-24-27(45-46(38,39)40)23-42-31(37)20-18-28(34)32(5,6)43-22-26(12-4)16-14-10-2/h17-20,25-27H,9-16,21-24H2,1-8H3,(H2,38,39,40). The quantitative estimate of drug-likeness (QED) is 0.0639. The summed E-state index contributed by atoms with van der Waals surface area (Å²) in [5, 5.41) is 0. The van der Waals surface area contributed by atoms with Crippen LogP contribution in [0.1, 0.15) is 107 Å². The molecule has 0 aromatic heterocycles. The molecule has 46 heavy (non-hydrogen) atoms. The van der Waals surface area contributed by atoms with Crippen LogP contribution in [0.15, 0.2) is 24.3 Å². The summed E-state index contributed by atoms with van der Waals surface area (Å²) in [6.07, 6.45) is 10.4. The Morgan fingerprint density at radius 1 is 0.652 bits per heavy atom. The minimum Gasteiger partial charge on any atom is -0.462 e. The summed E-state index contributed by atoms with van der Waals surface area (Å²) in [6.45, 7) is 13.7. The van der Waals surface area contributed by atoms with Crippen molar-refractivity contribution in [1.29, 1.82) is 0 Å². The molecule has 0 spiro atoms. The molecule has 0 heterocycles. The van der Waals surface area contributed by atoms with Gasteiger partial charge < -0.3 is 28.7 Å². The van der Waals surface area contributed by atoms with Crippen LogP contribution >= 0.6 is 7.82 Å². The minimum atomic E-state index is -5.04. The van der Waals surface area contributed by atoms with E-state index >= 15 is 0 Å². The van der Waals surface area contributed by atoms with Crippen molar-refractivity contribution in [2.75, 3.05) is 26.4 Å². The van der Waals surface area contributed by atoms with Gasteiger partial charge in [0.15, 0.2) is 11.6 Å². The van der Waals surface area contributed by atoms with Gasteiger partial charge >= 0.3 is 19.8 Å². The molecule has 3 atom stereocenters. The van der Waals surface area contributed by atoms with E-state index < -0.39 is 61.8 Å². The summed E-state index contributed by atoms with van der Waals surface area (Å²) in [6, 6.07) is 0. The predicted molar refractivity (Wildman–Crippen MR) is 174 cm³/mol. The monoisotopic (exact) mass is 676 g/mol. The molecule has 2 N–H and O–H groups in total. The van der Waals surface area contributed by atoms with Crippen molar-refractivity contribution < 1.29 is 57.0 Å². The molecule has 0 fully saturated rings. The van der Waals surface area contributed by atoms with E-state index in [1.807, 2.05) is 6.92 Å². The summed E-state index contributed by atoms with van der Waals surface area (Å²) >= 11 is 0. The number of hydrogen-bond acceptors (Lipinski definition) is 10. The van der Waals surface area contributed by atoms with Gasteiger partial charge in [0, 0.05) is 12.2 Å². The topological polar surface area (TPSA) is 172 Å². The lowest BCUT2D eigenvalue weighted by Gasteiger charge is -2.26. The van der Waals surface area contributed by atoms with Gasteiger partial charge in [-0.25, -0.2) is 14.2 Å². The van der Waals surface area contributed by atoms with Gasteiger partial charge in [0.25, 0.3) is 0 Å². The van der Waals surface area contributed by atoms with Crippen molar-refractivity contribution in [3.8, 4) is 0 Å². The van der Waals surface area contributed by atoms with Crippen molar-refractivity contribution in [2.45, 2.75) is 124 Å². The van der Waals surface area contributed by atoms with Crippen LogP contribution in [0.5, 0.6) is 0 Å². The Bertz CT molecular complexity index is 1040. The largest absolute Gasteiger partial charge is 0.470 e. The highest BCUT2D eigenvalue weighted by Crippen LogP contribution is 2.38. The molecule has 0 saturated carbocycles. The van der Waals surface area contributed by atoms with Crippen LogP contribution in [-0.4, -0.2) is 77.0 Å². The third kappa shape index (κ3) is 20.1. The van der Waals surface area contributed by atoms with E-state index in [1.165, 1.54) is 13.8 Å². The lowest BCUT2D eigenvalue weighted by Crippen LogP contribution is -2.38. The van der Waals surface area contributed by atoms with E-state index in [-0.39, 0.29) is 12.5 Å². The van der Waals surface area contributed by atoms with Gasteiger partial charge in [0.2, 0.25) is 0 Å². The second-order valence-corrected chi connectivity index (χ2v) is 13.5. The molecule has 0 amide bonds. The normalized spacial score (nSPS) is 14.7. The Kier molecular flexibility index (Phi) is 21.3. The Hall–Kier alpha value is -2.21. The van der Waals surface area contributed by atoms with Gasteiger partial charge in [-0.2, -0.15) is 0 Å². The molecule has 266 valence electrons. The first kappa shape index (κ1) is 43.8. The fourth-order valence-electron chi connectivity index (χ4n) is 4.03. The number of phosphoric acid groups is 1. The van der Waals surface area contributed by atoms with Crippen LogP contribution in [0.4, 0.5) is 0 Å². The number of ether oxygens (including phenoxy) is 4. The van der Waals surface area contributed by atoms with Gasteiger partial charge in [-0.05, 0) is 64.5 Å². The van der Waals surface area contributed by atoms with Crippen LogP contribution in [0, 0.1) is 11.8 Å². The van der Waals surface area contributed by atoms with Crippen LogP contribution in [0.25, 0.3) is 0 Å². The molecule has 0 bridgehead atoms. The fraction of sp³-hybridized carbons (Fsp3) is 0.758. The maximum absolute atomic E-state index is 12.7. The predicted octanol–water partition coefficient (Wildman–Crippen LogP) is 5.82. The van der Waals surface area contributed by atoms with Gasteiger partial charge in [0.1, 0.15) is 23.9 Å². The number of carbonyl (C=O) groups excluding carboxylic acids is 4. The average Bonchev–Trinajstić information content (AvgIpc) is 2.99. The Labute approximate surface area is 274 Å². The van der Waals surface area contributed by atoms with Crippen molar-refractivity contribution >= 4 is 31.3 Å². The number of rotatable bonds is 26. The highest BCUT2D eigenvalue weighted by Gasteiger charge is 2.31. The summed E-state index contributed by atoms with van der Waals surface area (Å²) in [7, 11) is -5.04. The second-order valence-electron chi connectivity index (χ2n) is 12.3. The summed E-state index contributed by atoms with van der Waals surface area (Å²) < 4.78 is 37.8. The molecule has 3 unspecified atom stereocenters. The first-order valence-corrected chi connectivity index (χ1v) is 17.7. The van der Waals surface area contributed by atoms with Gasteiger partial charge in [-0.3, -0.25) is 14.1 Å². The molecular formula is C33H57O12P. The molecule has 0 aromatic carbocycles. The number of carbonyl (C=O) groups is 4. The number of esters is 2. The Morgan fingerprint density at radius 3 is 1.48 bits per heavy atom. The first-order valence-electron chi connectivity index (χ1n) is 16.2. The zero-order valence-corrected chi connectivity index (χ0v) is 29.8. The minimum absolute atomic E-state index is 0.239. The van der Waals surface area contributed by atoms with Crippen molar-refractivity contribution in [3.63, 3.8) is 0 Å². The lowest BCUT2D eigenvalue weighted by molar-refractivity contribution is -0.147. The van der Waals surface area contributed by atoms with Gasteiger partial charge in [-0.1, -0.05) is 66.2 Å². The molecule has 0 aliphatic rings. The van der Waals surface area contributed by atoms with E-state index in [0.29, 0.717) is 12.5 Å². The SMILES string of the molecule is CCCCC(CC)COC(=O)C=CC(=O)C(C)(C)OCC(COC(=O)C=CC(=O)C(C)(C)OCC(CC)CCCC)OP(=O)(O)O. The van der Waals surface area contributed by atoms with Crippen LogP contribution in [0.3, 0.4) is 0 Å². The molecule has 0 saturated heterocycles. The number of hydrogen-bond donors (Lipinski definition) is 2. The van der Waals surface area contributed by atoms with Crippen LogP contribution < -0.4 is 0 Å². The molecular weight excluding hydrogens is 619 g/mol. The maximum atomic E-state index is 12.7. The van der Waals surface area contributed by atoms with E-state index in [2.05, 4.69) is 25.3 Å². The summed E-state index contributed by atoms with van der Waals surface area (Å²) in [5.74, 6) is -2.15. The van der Waals surface area contributed by atoms with Crippen LogP contribution in [0.2, 0.25) is 0 Å². The fourth-order valence-corrected chi connectivity index (χ4v) is 4.54. The van der Waals surface area contributed by atoms with E-state index in [4.69, 9.17) is 18.9 Å². The van der Waals surface area contributed by atoms with E-state index in [1.54, 1.807) is 13.8 Å². The zero-order valence-electron chi connectivity index (χ0n) is 29.0. The molecule has 13 heteroatoms. The highest BCUT2D eigenvalue weighted by molar-refractivity contribution is 7.46. The van der Waals surface area contributed by atoms with Crippen molar-refractivity contribution in [1.82, 2.24) is 0 Å². The third-order valence-electron chi connectivity index (χ3n) is 7.48. The summed E-state index contributed by atoms with van der Waals surface area (Å²) in [5.41, 5.74) is -2.71. The van der Waals surface area contributed by atoms with Crippen molar-refractivity contribution in [2.24, 2.45) is 11.8 Å². The number of phosphoric ester groups is 1. The van der Waals surface area contributed by atoms with Gasteiger partial charge in [0.05, 0.1) is 19.8 Å². The highest BCUT2D eigenvalue weighted by atomic mass is 31.2. The van der Waals surface area contributed by atoms with Crippen molar-refractivity contribution in [3.05, 3.63) is 24.3 Å². The van der Waals surface area contributed by atoms with E-state index in [9.17, 15) is 33.5 Å².